The van der Waals surface area contributed by atoms with E-state index in [0.717, 1.165) is 0 Å². The van der Waals surface area contributed by atoms with Gasteiger partial charge in [-0.05, 0) is 26.7 Å². The quantitative estimate of drug-likeness (QED) is 0.585. The number of hydrogen-bond acceptors (Lipinski definition) is 2. The summed E-state index contributed by atoms with van der Waals surface area (Å²) in [6.45, 7) is 10.3. The predicted octanol–water partition coefficient (Wildman–Crippen LogP) is 4.19. The van der Waals surface area contributed by atoms with Gasteiger partial charge in [0.1, 0.15) is 6.17 Å². The fraction of sp³-hybridized carbons (Fsp3) is 0.867. The smallest absolute Gasteiger partial charge is 0.101 e. The minimum absolute atomic E-state index is 0.598. The summed E-state index contributed by atoms with van der Waals surface area (Å²) in [6, 6.07) is 0.612. The van der Waals surface area contributed by atoms with Crippen LogP contribution < -0.4 is 0 Å². The summed E-state index contributed by atoms with van der Waals surface area (Å²) in [4.78, 5) is 5.00. The van der Waals surface area contributed by atoms with Gasteiger partial charge in [-0.3, -0.25) is 0 Å². The minimum Gasteiger partial charge on any atom is -0.356 e. The molecule has 0 bridgehead atoms. The van der Waals surface area contributed by atoms with Crippen molar-refractivity contribution in [1.29, 1.82) is 0 Å². The molecule has 0 saturated carbocycles. The predicted molar refractivity (Wildman–Crippen MR) is 75.7 cm³/mol. The van der Waals surface area contributed by atoms with Crippen molar-refractivity contribution >= 4 is 0 Å². The third kappa shape index (κ3) is 4.25. The lowest BCUT2D eigenvalue weighted by Crippen LogP contribution is -2.41. The summed E-state index contributed by atoms with van der Waals surface area (Å²) in [7, 11) is 0. The fourth-order valence-electron chi connectivity index (χ4n) is 2.62. The Morgan fingerprint density at radius 1 is 1.00 bits per heavy atom. The first-order valence-electron chi connectivity index (χ1n) is 7.42. The molecule has 0 aromatic carbocycles. The SMILES string of the molecule is CCCCCCCN1C=CN(C(C)C)C1CC. The van der Waals surface area contributed by atoms with Crippen LogP contribution in [0.25, 0.3) is 0 Å². The molecule has 1 aliphatic rings. The third-order valence-electron chi connectivity index (χ3n) is 3.64. The van der Waals surface area contributed by atoms with Crippen LogP contribution >= 0.6 is 0 Å². The average Bonchev–Trinajstić information content (AvgIpc) is 2.71. The highest BCUT2D eigenvalue weighted by Gasteiger charge is 2.25. The van der Waals surface area contributed by atoms with Crippen molar-refractivity contribution in [3.05, 3.63) is 12.4 Å². The molecule has 0 fully saturated rings. The first-order chi connectivity index (χ1) is 8.20. The fourth-order valence-corrected chi connectivity index (χ4v) is 2.62. The van der Waals surface area contributed by atoms with Crippen LogP contribution in [0.1, 0.15) is 66.2 Å². The highest BCUT2D eigenvalue weighted by atomic mass is 15.4. The standard InChI is InChI=1S/C15H30N2/c1-5-7-8-9-10-11-16-12-13-17(14(3)4)15(16)6-2/h12-15H,5-11H2,1-4H3. The summed E-state index contributed by atoms with van der Waals surface area (Å²) >= 11 is 0. The van der Waals surface area contributed by atoms with Gasteiger partial charge in [0.25, 0.3) is 0 Å². The Balaban J connectivity index is 2.27. The molecule has 2 nitrogen and oxygen atoms in total. The van der Waals surface area contributed by atoms with Gasteiger partial charge >= 0.3 is 0 Å². The molecule has 1 unspecified atom stereocenters. The second-order valence-electron chi connectivity index (χ2n) is 5.38. The Morgan fingerprint density at radius 2 is 1.71 bits per heavy atom. The maximum Gasteiger partial charge on any atom is 0.101 e. The average molecular weight is 238 g/mol. The van der Waals surface area contributed by atoms with E-state index < -0.39 is 0 Å². The van der Waals surface area contributed by atoms with E-state index in [9.17, 15) is 0 Å². The zero-order valence-electron chi connectivity index (χ0n) is 12.2. The minimum atomic E-state index is 0.598. The monoisotopic (exact) mass is 238 g/mol. The Morgan fingerprint density at radius 3 is 2.29 bits per heavy atom. The van der Waals surface area contributed by atoms with Gasteiger partial charge in [0.2, 0.25) is 0 Å². The van der Waals surface area contributed by atoms with Crippen LogP contribution in [0.15, 0.2) is 12.4 Å². The van der Waals surface area contributed by atoms with E-state index in [2.05, 4.69) is 49.9 Å². The molecule has 0 aromatic rings. The molecule has 0 amide bonds. The van der Waals surface area contributed by atoms with Gasteiger partial charge in [-0.15, -0.1) is 0 Å². The van der Waals surface area contributed by atoms with Crippen molar-refractivity contribution in [2.75, 3.05) is 6.54 Å². The Bertz CT molecular complexity index is 223. The Labute approximate surface area is 108 Å². The lowest BCUT2D eigenvalue weighted by molar-refractivity contribution is 0.121. The van der Waals surface area contributed by atoms with Gasteiger partial charge in [-0.2, -0.15) is 0 Å². The Kier molecular flexibility index (Phi) is 6.46. The summed E-state index contributed by atoms with van der Waals surface area (Å²) < 4.78 is 0. The van der Waals surface area contributed by atoms with Crippen LogP contribution in [-0.4, -0.2) is 28.6 Å². The maximum absolute atomic E-state index is 2.52. The molecular formula is C15H30N2. The lowest BCUT2D eigenvalue weighted by Gasteiger charge is -2.34. The topological polar surface area (TPSA) is 6.48 Å². The zero-order chi connectivity index (χ0) is 12.7. The van der Waals surface area contributed by atoms with Gasteiger partial charge in [-0.25, -0.2) is 0 Å². The van der Waals surface area contributed by atoms with Crippen molar-refractivity contribution in [2.45, 2.75) is 78.4 Å². The molecule has 0 aliphatic carbocycles. The first-order valence-corrected chi connectivity index (χ1v) is 7.42. The molecule has 2 heteroatoms. The molecule has 0 aromatic heterocycles. The van der Waals surface area contributed by atoms with E-state index in [1.165, 1.54) is 45.1 Å². The zero-order valence-corrected chi connectivity index (χ0v) is 12.2. The molecule has 0 saturated heterocycles. The molecular weight excluding hydrogens is 208 g/mol. The van der Waals surface area contributed by atoms with Crippen LogP contribution in [0.5, 0.6) is 0 Å². The van der Waals surface area contributed by atoms with E-state index in [1.54, 1.807) is 0 Å². The van der Waals surface area contributed by atoms with Crippen molar-refractivity contribution in [3.63, 3.8) is 0 Å². The summed E-state index contributed by atoms with van der Waals surface area (Å²) in [6.07, 6.45) is 13.2. The van der Waals surface area contributed by atoms with Crippen molar-refractivity contribution in [1.82, 2.24) is 9.80 Å². The van der Waals surface area contributed by atoms with E-state index in [-0.39, 0.29) is 0 Å². The maximum atomic E-state index is 2.52. The van der Waals surface area contributed by atoms with E-state index >= 15 is 0 Å². The van der Waals surface area contributed by atoms with Crippen molar-refractivity contribution in [2.24, 2.45) is 0 Å². The molecule has 1 aliphatic heterocycles. The largest absolute Gasteiger partial charge is 0.356 e. The Hall–Kier alpha value is -0.660. The number of nitrogens with zero attached hydrogens (tertiary/aromatic N) is 2. The van der Waals surface area contributed by atoms with Crippen LogP contribution in [-0.2, 0) is 0 Å². The van der Waals surface area contributed by atoms with Gasteiger partial charge in [-0.1, -0.05) is 39.5 Å². The third-order valence-corrected chi connectivity index (χ3v) is 3.64. The van der Waals surface area contributed by atoms with Crippen LogP contribution in [0.3, 0.4) is 0 Å². The van der Waals surface area contributed by atoms with Gasteiger partial charge in [0.15, 0.2) is 0 Å². The number of unbranched alkanes of at least 4 members (excludes halogenated alkanes) is 4. The van der Waals surface area contributed by atoms with Gasteiger partial charge in [0, 0.05) is 25.0 Å². The van der Waals surface area contributed by atoms with E-state index in [0.29, 0.717) is 12.2 Å². The van der Waals surface area contributed by atoms with Crippen molar-refractivity contribution < 1.29 is 0 Å². The lowest BCUT2D eigenvalue weighted by atomic mass is 10.1. The highest BCUT2D eigenvalue weighted by Crippen LogP contribution is 2.21. The molecule has 0 radical (unpaired) electrons. The first kappa shape index (κ1) is 14.4. The van der Waals surface area contributed by atoms with E-state index in [4.69, 9.17) is 0 Å². The molecule has 1 rings (SSSR count). The van der Waals surface area contributed by atoms with Gasteiger partial charge in [0.05, 0.1) is 0 Å². The summed E-state index contributed by atoms with van der Waals surface area (Å²) in [5.74, 6) is 0. The second kappa shape index (κ2) is 7.62. The molecule has 1 heterocycles. The van der Waals surface area contributed by atoms with Crippen LogP contribution in [0.2, 0.25) is 0 Å². The normalized spacial score (nSPS) is 19.7. The number of rotatable bonds is 8. The molecule has 0 N–H and O–H groups in total. The molecule has 0 spiro atoms. The van der Waals surface area contributed by atoms with E-state index in [1.807, 2.05) is 0 Å². The molecule has 17 heavy (non-hydrogen) atoms. The highest BCUT2D eigenvalue weighted by molar-refractivity contribution is 4.97. The van der Waals surface area contributed by atoms with Crippen LogP contribution in [0, 0.1) is 0 Å². The second-order valence-corrected chi connectivity index (χ2v) is 5.38. The van der Waals surface area contributed by atoms with Crippen molar-refractivity contribution in [3.8, 4) is 0 Å². The molecule has 100 valence electrons. The number of hydrogen-bond donors (Lipinski definition) is 0. The summed E-state index contributed by atoms with van der Waals surface area (Å²) in [5.41, 5.74) is 0. The summed E-state index contributed by atoms with van der Waals surface area (Å²) in [5, 5.41) is 0. The molecule has 1 atom stereocenters. The van der Waals surface area contributed by atoms with Gasteiger partial charge < -0.3 is 9.80 Å². The van der Waals surface area contributed by atoms with Crippen LogP contribution in [0.4, 0.5) is 0 Å².